The summed E-state index contributed by atoms with van der Waals surface area (Å²) in [4.78, 5) is 9.10. The van der Waals surface area contributed by atoms with E-state index < -0.39 is 10.0 Å². The van der Waals surface area contributed by atoms with Crippen LogP contribution in [-0.4, -0.2) is 59.3 Å². The Bertz CT molecular complexity index is 952. The van der Waals surface area contributed by atoms with Crippen LogP contribution in [0.1, 0.15) is 37.2 Å². The molecule has 2 aromatic heterocycles. The molecular weight excluding hydrogens is 378 g/mol. The summed E-state index contributed by atoms with van der Waals surface area (Å²) in [6.07, 6.45) is 4.96. The van der Waals surface area contributed by atoms with Crippen LogP contribution in [0.2, 0.25) is 0 Å². The molecule has 1 saturated carbocycles. The van der Waals surface area contributed by atoms with E-state index >= 15 is 0 Å². The maximum atomic E-state index is 11.8. The summed E-state index contributed by atoms with van der Waals surface area (Å²) in [5, 5.41) is 0. The maximum Gasteiger partial charge on any atom is 0.214 e. The van der Waals surface area contributed by atoms with E-state index in [1.165, 1.54) is 12.8 Å². The number of hydrogen-bond donors (Lipinski definition) is 1. The molecule has 28 heavy (non-hydrogen) atoms. The highest BCUT2D eigenvalue weighted by molar-refractivity contribution is 7.89. The highest BCUT2D eigenvalue weighted by Crippen LogP contribution is 2.33. The van der Waals surface area contributed by atoms with Crippen LogP contribution < -0.4 is 5.73 Å². The van der Waals surface area contributed by atoms with Gasteiger partial charge in [0.25, 0.3) is 0 Å². The number of pyridine rings is 1. The number of rotatable bonds is 9. The second-order valence-corrected chi connectivity index (χ2v) is 9.97. The molecule has 0 spiro atoms. The molecule has 0 atom stereocenters. The smallest absolute Gasteiger partial charge is 0.214 e. The third kappa shape index (κ3) is 4.31. The lowest BCUT2D eigenvalue weighted by Crippen LogP contribution is -2.27. The van der Waals surface area contributed by atoms with E-state index in [4.69, 9.17) is 15.5 Å². The molecule has 2 aliphatic rings. The lowest BCUT2D eigenvalue weighted by molar-refractivity contribution is 0.120. The summed E-state index contributed by atoms with van der Waals surface area (Å²) in [5.74, 6) is 2.55. The molecule has 0 radical (unpaired) electrons. The summed E-state index contributed by atoms with van der Waals surface area (Å²) in [6.45, 7) is 4.96. The van der Waals surface area contributed by atoms with E-state index in [0.717, 1.165) is 47.7 Å². The van der Waals surface area contributed by atoms with Crippen LogP contribution in [0.15, 0.2) is 6.07 Å². The number of imidazole rings is 1. The number of hydrogen-bond acceptors (Lipinski definition) is 6. The van der Waals surface area contributed by atoms with Crippen LogP contribution in [0.25, 0.3) is 11.0 Å². The highest BCUT2D eigenvalue weighted by atomic mass is 32.2. The number of anilines is 1. The summed E-state index contributed by atoms with van der Waals surface area (Å²) >= 11 is 0. The van der Waals surface area contributed by atoms with Crippen molar-refractivity contribution in [1.82, 2.24) is 18.8 Å². The molecule has 0 unspecified atom stereocenters. The standard InChI is InChI=1S/C19H29N5O3S/c1-14-12-16-18(19(20)21-14)22-17(13-15-4-5-15)24(16)8-10-27-9-2-6-23-7-3-11-28(23,25)26/h12,15H,2-11,13H2,1H3,(H2,20,21). The van der Waals surface area contributed by atoms with Gasteiger partial charge in [-0.25, -0.2) is 22.7 Å². The van der Waals surface area contributed by atoms with Gasteiger partial charge in [-0.2, -0.15) is 0 Å². The minimum Gasteiger partial charge on any atom is -0.382 e. The first kappa shape index (κ1) is 19.6. The molecule has 0 amide bonds. The zero-order valence-corrected chi connectivity index (χ0v) is 17.2. The second kappa shape index (κ2) is 7.96. The minimum absolute atomic E-state index is 0.280. The van der Waals surface area contributed by atoms with Gasteiger partial charge in [0.15, 0.2) is 5.82 Å². The molecule has 4 rings (SSSR count). The van der Waals surface area contributed by atoms with Crippen LogP contribution in [-0.2, 0) is 27.7 Å². The Kier molecular flexibility index (Phi) is 5.57. The fraction of sp³-hybridized carbons (Fsp3) is 0.684. The first-order valence-electron chi connectivity index (χ1n) is 10.1. The van der Waals surface area contributed by atoms with Crippen molar-refractivity contribution in [3.05, 3.63) is 17.6 Å². The highest BCUT2D eigenvalue weighted by Gasteiger charge is 2.27. The number of fused-ring (bicyclic) bond motifs is 1. The van der Waals surface area contributed by atoms with Gasteiger partial charge in [-0.15, -0.1) is 0 Å². The van der Waals surface area contributed by atoms with Crippen molar-refractivity contribution in [2.24, 2.45) is 5.92 Å². The lowest BCUT2D eigenvalue weighted by Gasteiger charge is -2.14. The number of nitrogen functional groups attached to an aromatic ring is 1. The molecular formula is C19H29N5O3S. The van der Waals surface area contributed by atoms with E-state index in [9.17, 15) is 8.42 Å². The van der Waals surface area contributed by atoms with Crippen molar-refractivity contribution in [1.29, 1.82) is 0 Å². The summed E-state index contributed by atoms with van der Waals surface area (Å²) < 4.78 is 33.2. The molecule has 1 aliphatic heterocycles. The van der Waals surface area contributed by atoms with E-state index in [0.29, 0.717) is 38.7 Å². The van der Waals surface area contributed by atoms with Crippen molar-refractivity contribution in [3.63, 3.8) is 0 Å². The lowest BCUT2D eigenvalue weighted by atomic mass is 10.3. The molecule has 0 aromatic carbocycles. The van der Waals surface area contributed by atoms with Gasteiger partial charge in [-0.3, -0.25) is 0 Å². The van der Waals surface area contributed by atoms with Crippen molar-refractivity contribution in [2.45, 2.75) is 45.6 Å². The quantitative estimate of drug-likeness (QED) is 0.635. The predicted octanol–water partition coefficient (Wildman–Crippen LogP) is 1.72. The third-order valence-electron chi connectivity index (χ3n) is 5.50. The number of nitrogens with two attached hydrogens (primary N) is 1. The number of nitrogens with zero attached hydrogens (tertiary/aromatic N) is 4. The second-order valence-electron chi connectivity index (χ2n) is 7.88. The van der Waals surface area contributed by atoms with Gasteiger partial charge in [0.2, 0.25) is 10.0 Å². The van der Waals surface area contributed by atoms with E-state index in [1.807, 2.05) is 13.0 Å². The number of ether oxygens (including phenoxy) is 1. The van der Waals surface area contributed by atoms with Gasteiger partial charge in [-0.1, -0.05) is 0 Å². The fourth-order valence-electron chi connectivity index (χ4n) is 3.85. The van der Waals surface area contributed by atoms with E-state index in [-0.39, 0.29) is 5.75 Å². The van der Waals surface area contributed by atoms with Crippen LogP contribution in [0, 0.1) is 12.8 Å². The zero-order chi connectivity index (χ0) is 19.7. The molecule has 1 saturated heterocycles. The monoisotopic (exact) mass is 407 g/mol. The first-order chi connectivity index (χ1) is 13.4. The molecule has 2 N–H and O–H groups in total. The molecule has 0 bridgehead atoms. The maximum absolute atomic E-state index is 11.8. The Morgan fingerprint density at radius 3 is 2.79 bits per heavy atom. The molecule has 9 heteroatoms. The van der Waals surface area contributed by atoms with Gasteiger partial charge in [0.1, 0.15) is 11.3 Å². The van der Waals surface area contributed by atoms with Crippen LogP contribution in [0.4, 0.5) is 5.82 Å². The predicted molar refractivity (Wildman–Crippen MR) is 109 cm³/mol. The van der Waals surface area contributed by atoms with Gasteiger partial charge in [0.05, 0.1) is 17.9 Å². The summed E-state index contributed by atoms with van der Waals surface area (Å²) in [7, 11) is -3.01. The van der Waals surface area contributed by atoms with Crippen molar-refractivity contribution in [3.8, 4) is 0 Å². The normalized spacial score (nSPS) is 19.6. The van der Waals surface area contributed by atoms with Gasteiger partial charge < -0.3 is 15.0 Å². The van der Waals surface area contributed by atoms with E-state index in [2.05, 4.69) is 9.55 Å². The molecule has 3 heterocycles. The van der Waals surface area contributed by atoms with E-state index in [1.54, 1.807) is 4.31 Å². The Labute approximate surface area is 166 Å². The first-order valence-corrected chi connectivity index (χ1v) is 11.7. The SMILES string of the molecule is Cc1cc2c(nc(CC3CC3)n2CCOCCCN2CCCS2(=O)=O)c(N)n1. The van der Waals surface area contributed by atoms with Crippen molar-refractivity contribution in [2.75, 3.05) is 37.8 Å². The van der Waals surface area contributed by atoms with Crippen molar-refractivity contribution < 1.29 is 13.2 Å². The largest absolute Gasteiger partial charge is 0.382 e. The minimum atomic E-state index is -3.01. The Morgan fingerprint density at radius 2 is 2.07 bits per heavy atom. The van der Waals surface area contributed by atoms with Gasteiger partial charge >= 0.3 is 0 Å². The van der Waals surface area contributed by atoms with Gasteiger partial charge in [0, 0.05) is 38.4 Å². The molecule has 8 nitrogen and oxygen atoms in total. The number of sulfonamides is 1. The van der Waals surface area contributed by atoms with Crippen molar-refractivity contribution >= 4 is 26.9 Å². The average molecular weight is 408 g/mol. The Morgan fingerprint density at radius 1 is 1.25 bits per heavy atom. The zero-order valence-electron chi connectivity index (χ0n) is 16.4. The summed E-state index contributed by atoms with van der Waals surface area (Å²) in [5.41, 5.74) is 8.77. The molecule has 1 aliphatic carbocycles. The Hall–Kier alpha value is -1.71. The van der Waals surface area contributed by atoms with Crippen LogP contribution >= 0.6 is 0 Å². The fourth-order valence-corrected chi connectivity index (χ4v) is 5.42. The molecule has 154 valence electrons. The number of aromatic nitrogens is 3. The van der Waals surface area contributed by atoms with Crippen LogP contribution in [0.3, 0.4) is 0 Å². The average Bonchev–Trinajstić information content (AvgIpc) is 3.29. The topological polar surface area (TPSA) is 103 Å². The Balaban J connectivity index is 1.34. The van der Waals surface area contributed by atoms with Gasteiger partial charge in [-0.05, 0) is 44.6 Å². The molecule has 2 fully saturated rings. The number of aryl methyl sites for hydroxylation is 1. The third-order valence-corrected chi connectivity index (χ3v) is 7.45. The molecule has 2 aromatic rings. The summed E-state index contributed by atoms with van der Waals surface area (Å²) in [6, 6.07) is 2.04. The van der Waals surface area contributed by atoms with Crippen LogP contribution in [0.5, 0.6) is 0 Å².